The van der Waals surface area contributed by atoms with Gasteiger partial charge in [-0.3, -0.25) is 9.89 Å². The molecule has 0 atom stereocenters. The first kappa shape index (κ1) is 19.5. The Kier molecular flexibility index (Phi) is 7.34. The molecule has 5 heteroatoms. The van der Waals surface area contributed by atoms with E-state index in [1.807, 2.05) is 19.2 Å². The van der Waals surface area contributed by atoms with Crippen molar-refractivity contribution in [3.63, 3.8) is 0 Å². The van der Waals surface area contributed by atoms with Crippen LogP contribution in [0, 0.1) is 5.92 Å². The number of hydrogen-bond acceptors (Lipinski definition) is 2. The number of piperidine rings is 1. The van der Waals surface area contributed by atoms with Gasteiger partial charge in [-0.2, -0.15) is 0 Å². The second kappa shape index (κ2) is 10.2. The van der Waals surface area contributed by atoms with Gasteiger partial charge in [0, 0.05) is 45.6 Å². The van der Waals surface area contributed by atoms with E-state index in [0.29, 0.717) is 0 Å². The van der Waals surface area contributed by atoms with Crippen molar-refractivity contribution in [2.75, 3.05) is 26.7 Å². The first-order valence-electron chi connectivity index (χ1n) is 10.1. The minimum atomic E-state index is 0.795. The zero-order valence-electron chi connectivity index (χ0n) is 16.7. The van der Waals surface area contributed by atoms with Crippen LogP contribution in [-0.4, -0.2) is 42.1 Å². The molecule has 1 aliphatic rings. The molecule has 1 aromatic heterocycles. The molecule has 1 saturated heterocycles. The van der Waals surface area contributed by atoms with Crippen LogP contribution in [0.2, 0.25) is 0 Å². The van der Waals surface area contributed by atoms with Crippen LogP contribution < -0.4 is 10.6 Å². The fourth-order valence-corrected chi connectivity index (χ4v) is 3.57. The Labute approximate surface area is 163 Å². The van der Waals surface area contributed by atoms with E-state index >= 15 is 0 Å². The van der Waals surface area contributed by atoms with Crippen molar-refractivity contribution >= 4 is 5.96 Å². The summed E-state index contributed by atoms with van der Waals surface area (Å²) in [5, 5.41) is 6.85. The summed E-state index contributed by atoms with van der Waals surface area (Å²) < 4.78 is 2.16. The topological polar surface area (TPSA) is 44.6 Å². The molecule has 5 nitrogen and oxygen atoms in total. The molecule has 3 rings (SSSR count). The second-order valence-corrected chi connectivity index (χ2v) is 7.50. The van der Waals surface area contributed by atoms with Gasteiger partial charge in [-0.05, 0) is 55.1 Å². The fraction of sp³-hybridized carbons (Fsp3) is 0.500. The summed E-state index contributed by atoms with van der Waals surface area (Å²) in [6.45, 7) is 8.41. The van der Waals surface area contributed by atoms with Gasteiger partial charge in [-0.25, -0.2) is 0 Å². The number of aliphatic imine (C=N–C) groups is 1. The third kappa shape index (κ3) is 6.14. The lowest BCUT2D eigenvalue weighted by atomic mass is 9.98. The number of nitrogens with zero attached hydrogens (tertiary/aromatic N) is 3. The van der Waals surface area contributed by atoms with Gasteiger partial charge in [0.1, 0.15) is 0 Å². The highest BCUT2D eigenvalue weighted by Gasteiger charge is 2.16. The molecule has 2 aromatic rings. The molecule has 0 spiro atoms. The van der Waals surface area contributed by atoms with Gasteiger partial charge in [-0.15, -0.1) is 0 Å². The lowest BCUT2D eigenvalue weighted by Gasteiger charge is -2.30. The smallest absolute Gasteiger partial charge is 0.191 e. The Morgan fingerprint density at radius 3 is 2.44 bits per heavy atom. The molecule has 0 saturated carbocycles. The lowest BCUT2D eigenvalue weighted by molar-refractivity contribution is 0.185. The highest BCUT2D eigenvalue weighted by Crippen LogP contribution is 2.19. The van der Waals surface area contributed by atoms with Crippen LogP contribution in [0.5, 0.6) is 0 Å². The molecule has 146 valence electrons. The van der Waals surface area contributed by atoms with E-state index in [2.05, 4.69) is 68.7 Å². The zero-order chi connectivity index (χ0) is 18.9. The van der Waals surface area contributed by atoms with Gasteiger partial charge in [0.15, 0.2) is 5.96 Å². The Morgan fingerprint density at radius 2 is 1.74 bits per heavy atom. The van der Waals surface area contributed by atoms with Crippen LogP contribution in [0.4, 0.5) is 0 Å². The Hall–Kier alpha value is -2.27. The molecule has 1 fully saturated rings. The summed E-state index contributed by atoms with van der Waals surface area (Å²) in [4.78, 5) is 6.94. The van der Waals surface area contributed by atoms with E-state index in [-0.39, 0.29) is 0 Å². The highest BCUT2D eigenvalue weighted by atomic mass is 15.2. The molecule has 0 unspecified atom stereocenters. The third-order valence-corrected chi connectivity index (χ3v) is 5.39. The molecular weight excluding hydrogens is 334 g/mol. The largest absolute Gasteiger partial charge is 0.355 e. The van der Waals surface area contributed by atoms with E-state index in [9.17, 15) is 0 Å². The van der Waals surface area contributed by atoms with Crippen LogP contribution in [0.1, 0.15) is 30.9 Å². The molecule has 1 aliphatic heterocycles. The van der Waals surface area contributed by atoms with Crippen LogP contribution >= 0.6 is 0 Å². The van der Waals surface area contributed by atoms with Gasteiger partial charge in [0.25, 0.3) is 0 Å². The number of benzene rings is 1. The fourth-order valence-electron chi connectivity index (χ4n) is 3.57. The number of likely N-dealkylation sites (tertiary alicyclic amines) is 1. The van der Waals surface area contributed by atoms with Gasteiger partial charge < -0.3 is 15.2 Å². The van der Waals surface area contributed by atoms with Crippen LogP contribution in [0.25, 0.3) is 0 Å². The number of hydrogen-bond donors (Lipinski definition) is 2. The maximum atomic E-state index is 4.35. The van der Waals surface area contributed by atoms with Crippen LogP contribution in [0.15, 0.2) is 53.8 Å². The summed E-state index contributed by atoms with van der Waals surface area (Å²) in [6.07, 6.45) is 6.79. The quantitative estimate of drug-likeness (QED) is 0.584. The minimum Gasteiger partial charge on any atom is -0.355 e. The van der Waals surface area contributed by atoms with Crippen LogP contribution in [-0.2, 0) is 19.6 Å². The molecule has 0 amide bonds. The maximum absolute atomic E-state index is 4.35. The second-order valence-electron chi connectivity index (χ2n) is 7.50. The summed E-state index contributed by atoms with van der Waals surface area (Å²) >= 11 is 0. The average Bonchev–Trinajstić information content (AvgIpc) is 3.21. The number of nitrogens with one attached hydrogen (secondary N) is 2. The number of guanidine groups is 1. The van der Waals surface area contributed by atoms with E-state index in [1.54, 1.807) is 0 Å². The Bertz CT molecular complexity index is 699. The molecule has 1 aromatic carbocycles. The van der Waals surface area contributed by atoms with Gasteiger partial charge in [-0.1, -0.05) is 31.2 Å². The van der Waals surface area contributed by atoms with Gasteiger partial charge >= 0.3 is 0 Å². The summed E-state index contributed by atoms with van der Waals surface area (Å²) in [6, 6.07) is 12.9. The summed E-state index contributed by atoms with van der Waals surface area (Å²) in [5.74, 6) is 1.72. The third-order valence-electron chi connectivity index (χ3n) is 5.39. The normalized spacial score (nSPS) is 16.4. The predicted molar refractivity (Wildman–Crippen MR) is 113 cm³/mol. The standard InChI is InChI=1S/C22H33N5/c1-19-9-14-27(15-10-19)18-21-8-4-3-7-20(21)17-25-22(23-2)24-11-16-26-12-5-6-13-26/h3-8,12-13,19H,9-11,14-18H2,1-2H3,(H2,23,24,25). The average molecular weight is 368 g/mol. The van der Waals surface area contributed by atoms with Crippen molar-refractivity contribution in [1.82, 2.24) is 20.1 Å². The van der Waals surface area contributed by atoms with Crippen molar-refractivity contribution in [2.45, 2.75) is 39.4 Å². The van der Waals surface area contributed by atoms with Crippen molar-refractivity contribution in [3.05, 3.63) is 59.9 Å². The molecule has 27 heavy (non-hydrogen) atoms. The number of rotatable bonds is 7. The molecule has 2 N–H and O–H groups in total. The van der Waals surface area contributed by atoms with Crippen molar-refractivity contribution in [3.8, 4) is 0 Å². The molecule has 0 aliphatic carbocycles. The van der Waals surface area contributed by atoms with E-state index in [4.69, 9.17) is 0 Å². The number of aromatic nitrogens is 1. The Morgan fingerprint density at radius 1 is 1.04 bits per heavy atom. The SMILES string of the molecule is CN=C(NCCn1cccc1)NCc1ccccc1CN1CCC(C)CC1. The van der Waals surface area contributed by atoms with Crippen molar-refractivity contribution < 1.29 is 0 Å². The van der Waals surface area contributed by atoms with Crippen molar-refractivity contribution in [2.24, 2.45) is 10.9 Å². The molecule has 2 heterocycles. The van der Waals surface area contributed by atoms with Crippen molar-refractivity contribution in [1.29, 1.82) is 0 Å². The predicted octanol–water partition coefficient (Wildman–Crippen LogP) is 3.09. The van der Waals surface area contributed by atoms with Gasteiger partial charge in [0.05, 0.1) is 0 Å². The Balaban J connectivity index is 1.49. The molecule has 0 bridgehead atoms. The first-order chi connectivity index (χ1) is 13.2. The molecular formula is C22H33N5. The van der Waals surface area contributed by atoms with Gasteiger partial charge in [0.2, 0.25) is 0 Å². The minimum absolute atomic E-state index is 0.795. The van der Waals surface area contributed by atoms with E-state index in [0.717, 1.165) is 38.1 Å². The summed E-state index contributed by atoms with van der Waals surface area (Å²) in [5.41, 5.74) is 2.77. The van der Waals surface area contributed by atoms with Crippen LogP contribution in [0.3, 0.4) is 0 Å². The lowest BCUT2D eigenvalue weighted by Crippen LogP contribution is -2.38. The first-order valence-corrected chi connectivity index (χ1v) is 10.1. The highest BCUT2D eigenvalue weighted by molar-refractivity contribution is 5.79. The maximum Gasteiger partial charge on any atom is 0.191 e. The monoisotopic (exact) mass is 367 g/mol. The zero-order valence-corrected chi connectivity index (χ0v) is 16.7. The van der Waals surface area contributed by atoms with E-state index in [1.165, 1.54) is 37.1 Å². The van der Waals surface area contributed by atoms with E-state index < -0.39 is 0 Å². The summed E-state index contributed by atoms with van der Waals surface area (Å²) in [7, 11) is 1.83. The molecule has 0 radical (unpaired) electrons.